The predicted molar refractivity (Wildman–Crippen MR) is 118 cm³/mol. The minimum atomic E-state index is -4.85. The molecule has 0 radical (unpaired) electrons. The van der Waals surface area contributed by atoms with Crippen molar-refractivity contribution in [3.05, 3.63) is 70.8 Å². The number of ether oxygens (including phenoxy) is 1. The molecule has 2 aromatic carbocycles. The van der Waals surface area contributed by atoms with E-state index in [1.165, 1.54) is 35.4 Å². The van der Waals surface area contributed by atoms with Crippen molar-refractivity contribution in [2.75, 3.05) is 6.54 Å². The van der Waals surface area contributed by atoms with E-state index in [1.54, 1.807) is 23.1 Å². The van der Waals surface area contributed by atoms with Gasteiger partial charge < -0.3 is 14.6 Å². The highest BCUT2D eigenvalue weighted by atomic mass is 35.5. The van der Waals surface area contributed by atoms with Crippen molar-refractivity contribution in [2.45, 2.75) is 25.7 Å². The quantitative estimate of drug-likeness (QED) is 0.430. The summed E-state index contributed by atoms with van der Waals surface area (Å²) in [5, 5.41) is 16.8. The fourth-order valence-electron chi connectivity index (χ4n) is 3.83. The molecule has 0 saturated carbocycles. The number of halogens is 4. The fourth-order valence-corrected chi connectivity index (χ4v) is 4.00. The van der Waals surface area contributed by atoms with Crippen LogP contribution in [0.3, 0.4) is 0 Å². The number of nitrogens with one attached hydrogen (secondary N) is 1. The van der Waals surface area contributed by atoms with Crippen LogP contribution in [0.5, 0.6) is 5.75 Å². The van der Waals surface area contributed by atoms with Crippen molar-refractivity contribution in [1.82, 2.24) is 35.1 Å². The molecule has 1 amide bonds. The van der Waals surface area contributed by atoms with E-state index in [2.05, 4.69) is 30.1 Å². The van der Waals surface area contributed by atoms with Gasteiger partial charge in [-0.2, -0.15) is 15.0 Å². The molecule has 180 valence electrons. The van der Waals surface area contributed by atoms with Gasteiger partial charge in [-0.15, -0.1) is 23.4 Å². The molecule has 13 heteroatoms. The number of hydrogen-bond donors (Lipinski definition) is 1. The number of aromatic nitrogens is 6. The van der Waals surface area contributed by atoms with Gasteiger partial charge in [0.1, 0.15) is 5.75 Å². The standard InChI is InChI=1S/C22H17ClF3N7O2/c1-12-10-17(33-27-7-8-28-33)14(11-15(12)23)21(34)32-9-6-16(32)20-29-19(30-31-20)13-4-2-3-5-18(13)35-22(24,25)26/h2-5,7-8,10-11,16H,6,9H2,1H3,(H,29,30,31). The van der Waals surface area contributed by atoms with E-state index in [-0.39, 0.29) is 17.3 Å². The van der Waals surface area contributed by atoms with Gasteiger partial charge in [0.25, 0.3) is 5.91 Å². The van der Waals surface area contributed by atoms with E-state index in [9.17, 15) is 18.0 Å². The highest BCUT2D eigenvalue weighted by Crippen LogP contribution is 2.37. The molecule has 3 heterocycles. The van der Waals surface area contributed by atoms with Gasteiger partial charge in [-0.25, -0.2) is 0 Å². The van der Waals surface area contributed by atoms with Gasteiger partial charge in [0.05, 0.1) is 35.2 Å². The zero-order chi connectivity index (χ0) is 24.7. The van der Waals surface area contributed by atoms with Gasteiger partial charge in [0, 0.05) is 11.6 Å². The summed E-state index contributed by atoms with van der Waals surface area (Å²) in [6, 6.07) is 8.47. The lowest BCUT2D eigenvalue weighted by Gasteiger charge is -2.39. The Bertz CT molecular complexity index is 1390. The monoisotopic (exact) mass is 503 g/mol. The number of carbonyl (C=O) groups excluding carboxylic acids is 1. The molecule has 1 saturated heterocycles. The average molecular weight is 504 g/mol. The summed E-state index contributed by atoms with van der Waals surface area (Å²) in [5.74, 6) is -0.276. The third kappa shape index (κ3) is 4.44. The van der Waals surface area contributed by atoms with Crippen molar-refractivity contribution in [2.24, 2.45) is 0 Å². The van der Waals surface area contributed by atoms with E-state index in [1.807, 2.05) is 6.92 Å². The first kappa shape index (κ1) is 22.8. The number of aryl methyl sites for hydroxylation is 1. The first-order valence-electron chi connectivity index (χ1n) is 10.5. The molecule has 1 aliphatic rings. The van der Waals surface area contributed by atoms with Crippen LogP contribution >= 0.6 is 11.6 Å². The Kier molecular flexibility index (Phi) is 5.67. The zero-order valence-electron chi connectivity index (χ0n) is 18.1. The number of carbonyl (C=O) groups is 1. The third-order valence-corrected chi connectivity index (χ3v) is 6.02. The minimum absolute atomic E-state index is 0.0955. The Morgan fingerprint density at radius 1 is 1.17 bits per heavy atom. The lowest BCUT2D eigenvalue weighted by molar-refractivity contribution is -0.274. The summed E-state index contributed by atoms with van der Waals surface area (Å²) < 4.78 is 42.5. The number of benzene rings is 2. The van der Waals surface area contributed by atoms with Crippen LogP contribution < -0.4 is 4.74 Å². The Balaban J connectivity index is 1.43. The third-order valence-electron chi connectivity index (χ3n) is 5.61. The number of likely N-dealkylation sites (tertiary alicyclic amines) is 1. The second-order valence-electron chi connectivity index (χ2n) is 7.84. The molecule has 0 spiro atoms. The first-order chi connectivity index (χ1) is 16.7. The van der Waals surface area contributed by atoms with Crippen LogP contribution in [0.2, 0.25) is 5.02 Å². The number of amides is 1. The second kappa shape index (κ2) is 8.69. The van der Waals surface area contributed by atoms with Crippen molar-refractivity contribution >= 4 is 17.5 Å². The number of hydrogen-bond acceptors (Lipinski definition) is 6. The summed E-state index contributed by atoms with van der Waals surface area (Å²) in [7, 11) is 0. The molecule has 1 fully saturated rings. The number of aromatic amines is 1. The van der Waals surface area contributed by atoms with Gasteiger partial charge in [-0.3, -0.25) is 4.79 Å². The SMILES string of the molecule is Cc1cc(-n2nccn2)c(C(=O)N2CCC2c2nnc(-c3ccccc3OC(F)(F)F)[nH]2)cc1Cl. The molecule has 1 unspecified atom stereocenters. The highest BCUT2D eigenvalue weighted by molar-refractivity contribution is 6.31. The van der Waals surface area contributed by atoms with Crippen molar-refractivity contribution in [3.8, 4) is 22.8 Å². The zero-order valence-corrected chi connectivity index (χ0v) is 18.9. The largest absolute Gasteiger partial charge is 0.573 e. The minimum Gasteiger partial charge on any atom is -0.405 e. The van der Waals surface area contributed by atoms with E-state index >= 15 is 0 Å². The van der Waals surface area contributed by atoms with E-state index in [0.29, 0.717) is 35.1 Å². The average Bonchev–Trinajstić information content (AvgIpc) is 3.46. The molecule has 9 nitrogen and oxygen atoms in total. The maximum atomic E-state index is 13.5. The molecule has 1 aliphatic heterocycles. The molecule has 1 atom stereocenters. The number of para-hydroxylation sites is 1. The van der Waals surface area contributed by atoms with Gasteiger partial charge in [0.15, 0.2) is 11.6 Å². The summed E-state index contributed by atoms with van der Waals surface area (Å²) >= 11 is 6.30. The maximum Gasteiger partial charge on any atom is 0.573 e. The highest BCUT2D eigenvalue weighted by Gasteiger charge is 2.38. The Morgan fingerprint density at radius 3 is 2.60 bits per heavy atom. The second-order valence-corrected chi connectivity index (χ2v) is 8.25. The molecule has 0 bridgehead atoms. The lowest BCUT2D eigenvalue weighted by atomic mass is 9.99. The van der Waals surface area contributed by atoms with Crippen LogP contribution in [0.1, 0.15) is 34.2 Å². The van der Waals surface area contributed by atoms with Crippen LogP contribution in [0.15, 0.2) is 48.8 Å². The molecule has 1 N–H and O–H groups in total. The Labute approximate surface area is 201 Å². The summed E-state index contributed by atoms with van der Waals surface area (Å²) in [4.78, 5) is 19.3. The molecule has 4 aromatic rings. The maximum absolute atomic E-state index is 13.5. The van der Waals surface area contributed by atoms with Gasteiger partial charge >= 0.3 is 6.36 Å². The number of rotatable bonds is 5. The smallest absolute Gasteiger partial charge is 0.405 e. The molecular formula is C22H17ClF3N7O2. The molecule has 35 heavy (non-hydrogen) atoms. The van der Waals surface area contributed by atoms with E-state index < -0.39 is 18.2 Å². The Hall–Kier alpha value is -3.93. The lowest BCUT2D eigenvalue weighted by Crippen LogP contribution is -2.46. The molecule has 2 aromatic heterocycles. The normalized spacial score (nSPS) is 15.7. The van der Waals surface area contributed by atoms with Gasteiger partial charge in [-0.05, 0) is 43.2 Å². The first-order valence-corrected chi connectivity index (χ1v) is 10.8. The van der Waals surface area contributed by atoms with Crippen LogP contribution in [-0.4, -0.2) is 53.9 Å². The Morgan fingerprint density at radius 2 is 1.91 bits per heavy atom. The van der Waals surface area contributed by atoms with E-state index in [4.69, 9.17) is 11.6 Å². The van der Waals surface area contributed by atoms with Crippen LogP contribution in [0.25, 0.3) is 17.1 Å². The number of nitrogens with zero attached hydrogens (tertiary/aromatic N) is 6. The van der Waals surface area contributed by atoms with Gasteiger partial charge in [-0.1, -0.05) is 23.7 Å². The summed E-state index contributed by atoms with van der Waals surface area (Å²) in [6.45, 7) is 2.26. The fraction of sp³-hybridized carbons (Fsp3) is 0.227. The number of alkyl halides is 3. The van der Waals surface area contributed by atoms with Crippen molar-refractivity contribution in [3.63, 3.8) is 0 Å². The topological polar surface area (TPSA) is 102 Å². The summed E-state index contributed by atoms with van der Waals surface area (Å²) in [5.41, 5.74) is 1.64. The van der Waals surface area contributed by atoms with Crippen LogP contribution in [0.4, 0.5) is 13.2 Å². The van der Waals surface area contributed by atoms with Crippen LogP contribution in [0, 0.1) is 6.92 Å². The molecule has 5 rings (SSSR count). The van der Waals surface area contributed by atoms with Crippen molar-refractivity contribution in [1.29, 1.82) is 0 Å². The predicted octanol–water partition coefficient (Wildman–Crippen LogP) is 4.50. The summed E-state index contributed by atoms with van der Waals surface area (Å²) in [6.07, 6.45) is -1.26. The van der Waals surface area contributed by atoms with Crippen molar-refractivity contribution < 1.29 is 22.7 Å². The number of H-pyrrole nitrogens is 1. The van der Waals surface area contributed by atoms with Gasteiger partial charge in [0.2, 0.25) is 0 Å². The molecular weight excluding hydrogens is 487 g/mol. The molecule has 0 aliphatic carbocycles. The van der Waals surface area contributed by atoms with E-state index in [0.717, 1.165) is 5.56 Å². The van der Waals surface area contributed by atoms with Crippen LogP contribution in [-0.2, 0) is 0 Å².